The Bertz CT molecular complexity index is 2480. The number of rotatable bonds is 2. The SMILES string of the molecule is CC1(C)c2ccc3ccccc3c2-c2ccc3oc4ccc(-c5nc6ccccc6nc5-c5ccccc5)cc4c3c2C1(C)C. The van der Waals surface area contributed by atoms with Crippen LogP contribution in [0, 0.1) is 0 Å². The van der Waals surface area contributed by atoms with Gasteiger partial charge in [0, 0.05) is 27.3 Å². The topological polar surface area (TPSA) is 38.9 Å². The molecule has 0 unspecified atom stereocenters. The Morgan fingerprint density at radius 1 is 0.533 bits per heavy atom. The number of benzene rings is 6. The molecule has 1 aliphatic carbocycles. The number of hydrogen-bond acceptors (Lipinski definition) is 3. The van der Waals surface area contributed by atoms with Crippen LogP contribution in [0.15, 0.2) is 126 Å². The highest BCUT2D eigenvalue weighted by Gasteiger charge is 2.47. The minimum atomic E-state index is -0.179. The molecule has 45 heavy (non-hydrogen) atoms. The van der Waals surface area contributed by atoms with Gasteiger partial charge in [0.15, 0.2) is 0 Å². The van der Waals surface area contributed by atoms with E-state index in [0.717, 1.165) is 50.1 Å². The molecule has 8 aromatic rings. The first-order valence-corrected chi connectivity index (χ1v) is 15.7. The van der Waals surface area contributed by atoms with Crippen molar-refractivity contribution in [2.45, 2.75) is 38.5 Å². The van der Waals surface area contributed by atoms with Crippen molar-refractivity contribution < 1.29 is 4.42 Å². The maximum absolute atomic E-state index is 6.60. The van der Waals surface area contributed by atoms with Gasteiger partial charge in [-0.1, -0.05) is 113 Å². The van der Waals surface area contributed by atoms with E-state index < -0.39 is 0 Å². The van der Waals surface area contributed by atoms with Crippen molar-refractivity contribution >= 4 is 43.7 Å². The standard InChI is InChI=1S/C42H32N2O/c1-41(2)31-21-18-25-12-8-9-15-28(25)36(31)29-20-23-35-37(38(29)42(41,3)4)30-24-27(19-22-34(30)45-35)40-39(26-13-6-5-7-14-26)43-32-16-10-11-17-33(32)44-40/h5-24H,1-4H3. The molecule has 216 valence electrons. The van der Waals surface area contributed by atoms with E-state index in [4.69, 9.17) is 14.4 Å². The zero-order valence-corrected chi connectivity index (χ0v) is 25.8. The molecule has 0 saturated carbocycles. The van der Waals surface area contributed by atoms with E-state index in [2.05, 4.69) is 119 Å². The lowest BCUT2D eigenvalue weighted by atomic mass is 9.54. The van der Waals surface area contributed by atoms with Crippen LogP contribution in [0.3, 0.4) is 0 Å². The normalized spacial score (nSPS) is 15.0. The van der Waals surface area contributed by atoms with E-state index in [9.17, 15) is 0 Å². The maximum atomic E-state index is 6.60. The molecule has 2 heterocycles. The van der Waals surface area contributed by atoms with Gasteiger partial charge in [-0.2, -0.15) is 0 Å². The van der Waals surface area contributed by atoms with E-state index in [1.165, 1.54) is 38.4 Å². The van der Waals surface area contributed by atoms with Gasteiger partial charge < -0.3 is 4.42 Å². The van der Waals surface area contributed by atoms with Gasteiger partial charge in [-0.15, -0.1) is 0 Å². The summed E-state index contributed by atoms with van der Waals surface area (Å²) in [6, 6.07) is 42.8. The highest BCUT2D eigenvalue weighted by molar-refractivity contribution is 6.13. The lowest BCUT2D eigenvalue weighted by Crippen LogP contribution is -2.43. The van der Waals surface area contributed by atoms with Gasteiger partial charge in [0.05, 0.1) is 22.4 Å². The largest absolute Gasteiger partial charge is 0.456 e. The van der Waals surface area contributed by atoms with Crippen LogP contribution in [0.25, 0.3) is 77.4 Å². The highest BCUT2D eigenvalue weighted by atomic mass is 16.3. The second-order valence-corrected chi connectivity index (χ2v) is 13.4. The molecule has 6 aromatic carbocycles. The fourth-order valence-electron chi connectivity index (χ4n) is 7.60. The van der Waals surface area contributed by atoms with Crippen LogP contribution < -0.4 is 0 Å². The molecule has 1 aliphatic rings. The first kappa shape index (κ1) is 26.2. The number of nitrogens with zero attached hydrogens (tertiary/aromatic N) is 2. The lowest BCUT2D eigenvalue weighted by molar-refractivity contribution is 0.302. The van der Waals surface area contributed by atoms with Crippen LogP contribution in [-0.4, -0.2) is 9.97 Å². The third-order valence-electron chi connectivity index (χ3n) is 10.6. The second-order valence-electron chi connectivity index (χ2n) is 13.4. The monoisotopic (exact) mass is 580 g/mol. The summed E-state index contributed by atoms with van der Waals surface area (Å²) in [5.41, 5.74) is 12.5. The Balaban J connectivity index is 1.37. The fraction of sp³-hybridized carbons (Fsp3) is 0.143. The minimum Gasteiger partial charge on any atom is -0.456 e. The molecule has 0 aliphatic heterocycles. The average Bonchev–Trinajstić information content (AvgIpc) is 3.44. The molecule has 0 bridgehead atoms. The Kier molecular flexibility index (Phi) is 5.30. The molecule has 0 radical (unpaired) electrons. The number of para-hydroxylation sites is 2. The summed E-state index contributed by atoms with van der Waals surface area (Å²) >= 11 is 0. The highest BCUT2D eigenvalue weighted by Crippen LogP contribution is 2.58. The van der Waals surface area contributed by atoms with Crippen LogP contribution in [-0.2, 0) is 10.8 Å². The molecule has 0 amide bonds. The smallest absolute Gasteiger partial charge is 0.135 e. The van der Waals surface area contributed by atoms with Gasteiger partial charge >= 0.3 is 0 Å². The summed E-state index contributed by atoms with van der Waals surface area (Å²) in [5.74, 6) is 0. The third kappa shape index (κ3) is 3.58. The van der Waals surface area contributed by atoms with Crippen LogP contribution in [0.1, 0.15) is 38.8 Å². The van der Waals surface area contributed by atoms with E-state index in [0.29, 0.717) is 0 Å². The summed E-state index contributed by atoms with van der Waals surface area (Å²) in [4.78, 5) is 10.3. The Labute approximate surface area is 262 Å². The molecule has 0 fully saturated rings. The summed E-state index contributed by atoms with van der Waals surface area (Å²) in [7, 11) is 0. The van der Waals surface area contributed by atoms with E-state index >= 15 is 0 Å². The molecular formula is C42H32N2O. The van der Waals surface area contributed by atoms with Crippen molar-refractivity contribution in [1.29, 1.82) is 0 Å². The van der Waals surface area contributed by atoms with Gasteiger partial charge in [-0.3, -0.25) is 0 Å². The molecule has 0 N–H and O–H groups in total. The molecule has 2 aromatic heterocycles. The quantitative estimate of drug-likeness (QED) is 0.204. The second kappa shape index (κ2) is 9.12. The summed E-state index contributed by atoms with van der Waals surface area (Å²) in [6.07, 6.45) is 0. The molecule has 9 rings (SSSR count). The number of furan rings is 1. The van der Waals surface area contributed by atoms with Gasteiger partial charge in [0.2, 0.25) is 0 Å². The zero-order valence-electron chi connectivity index (χ0n) is 25.8. The molecular weight excluding hydrogens is 548 g/mol. The third-order valence-corrected chi connectivity index (χ3v) is 10.6. The maximum Gasteiger partial charge on any atom is 0.135 e. The van der Waals surface area contributed by atoms with Crippen molar-refractivity contribution in [3.8, 4) is 33.6 Å². The van der Waals surface area contributed by atoms with E-state index in [1.807, 2.05) is 30.3 Å². The zero-order chi connectivity index (χ0) is 30.5. The number of hydrogen-bond donors (Lipinski definition) is 0. The first-order valence-electron chi connectivity index (χ1n) is 15.7. The van der Waals surface area contributed by atoms with E-state index in [-0.39, 0.29) is 10.8 Å². The number of fused-ring (bicyclic) bond motifs is 10. The van der Waals surface area contributed by atoms with E-state index in [1.54, 1.807) is 0 Å². The Hall–Kier alpha value is -5.28. The summed E-state index contributed by atoms with van der Waals surface area (Å²) in [6.45, 7) is 9.59. The molecule has 3 heteroatoms. The van der Waals surface area contributed by atoms with Crippen molar-refractivity contribution in [3.05, 3.63) is 132 Å². The summed E-state index contributed by atoms with van der Waals surface area (Å²) in [5, 5.41) is 4.86. The van der Waals surface area contributed by atoms with Gasteiger partial charge in [-0.25, -0.2) is 9.97 Å². The molecule has 0 saturated heterocycles. The molecule has 3 nitrogen and oxygen atoms in total. The predicted molar refractivity (Wildman–Crippen MR) is 187 cm³/mol. The Morgan fingerprint density at radius 2 is 1.20 bits per heavy atom. The first-order chi connectivity index (χ1) is 21.8. The van der Waals surface area contributed by atoms with Crippen LogP contribution in [0.5, 0.6) is 0 Å². The van der Waals surface area contributed by atoms with Crippen LogP contribution in [0.2, 0.25) is 0 Å². The van der Waals surface area contributed by atoms with Crippen LogP contribution >= 0.6 is 0 Å². The van der Waals surface area contributed by atoms with Gasteiger partial charge in [-0.05, 0) is 74.8 Å². The van der Waals surface area contributed by atoms with Gasteiger partial charge in [0.1, 0.15) is 11.2 Å². The van der Waals surface area contributed by atoms with Crippen molar-refractivity contribution in [3.63, 3.8) is 0 Å². The number of aromatic nitrogens is 2. The van der Waals surface area contributed by atoms with Gasteiger partial charge in [0.25, 0.3) is 0 Å². The van der Waals surface area contributed by atoms with Crippen LogP contribution in [0.4, 0.5) is 0 Å². The van der Waals surface area contributed by atoms with Crippen molar-refractivity contribution in [2.24, 2.45) is 0 Å². The summed E-state index contributed by atoms with van der Waals surface area (Å²) < 4.78 is 6.60. The van der Waals surface area contributed by atoms with Crippen molar-refractivity contribution in [1.82, 2.24) is 9.97 Å². The fourth-order valence-corrected chi connectivity index (χ4v) is 7.60. The van der Waals surface area contributed by atoms with Crippen molar-refractivity contribution in [2.75, 3.05) is 0 Å². The average molecular weight is 581 g/mol. The molecule has 0 spiro atoms. The Morgan fingerprint density at radius 3 is 1.98 bits per heavy atom. The molecule has 0 atom stereocenters. The minimum absolute atomic E-state index is 0.126. The predicted octanol–water partition coefficient (Wildman–Crippen LogP) is 11.3. The lowest BCUT2D eigenvalue weighted by Gasteiger charge is -2.49.